The molecule has 2 aromatic rings. The third-order valence-electron chi connectivity index (χ3n) is 2.99. The second-order valence-corrected chi connectivity index (χ2v) is 6.55. The Bertz CT molecular complexity index is 632. The molecule has 0 amide bonds. The van der Waals surface area contributed by atoms with E-state index in [1.165, 1.54) is 0 Å². The lowest BCUT2D eigenvalue weighted by molar-refractivity contribution is 0.300. The minimum absolute atomic E-state index is 0.0661. The zero-order chi connectivity index (χ0) is 15.4. The van der Waals surface area contributed by atoms with Crippen LogP contribution in [0.5, 0.6) is 5.75 Å². The van der Waals surface area contributed by atoms with E-state index < -0.39 is 0 Å². The molecule has 0 aliphatic rings. The summed E-state index contributed by atoms with van der Waals surface area (Å²) in [5, 5.41) is 1.06. The highest BCUT2D eigenvalue weighted by molar-refractivity contribution is 9.10. The molecule has 0 aliphatic carbocycles. The Morgan fingerprint density at radius 2 is 1.81 bits per heavy atom. The van der Waals surface area contributed by atoms with Gasteiger partial charge in [0.25, 0.3) is 0 Å². The minimum atomic E-state index is 0.0661. The van der Waals surface area contributed by atoms with E-state index in [0.29, 0.717) is 16.7 Å². The normalized spacial score (nSPS) is 12.2. The molecule has 1 atom stereocenters. The first-order valence-corrected chi connectivity index (χ1v) is 8.12. The molecule has 0 bridgehead atoms. The van der Waals surface area contributed by atoms with Gasteiger partial charge >= 0.3 is 0 Å². The number of benzene rings is 2. The molecule has 112 valence electrons. The van der Waals surface area contributed by atoms with Gasteiger partial charge in [0.1, 0.15) is 12.4 Å². The first kappa shape index (κ1) is 16.6. The summed E-state index contributed by atoms with van der Waals surface area (Å²) < 4.78 is 6.85. The van der Waals surface area contributed by atoms with Crippen molar-refractivity contribution in [2.24, 2.45) is 5.73 Å². The fourth-order valence-electron chi connectivity index (χ4n) is 2.03. The van der Waals surface area contributed by atoms with Crippen molar-refractivity contribution in [2.75, 3.05) is 0 Å². The monoisotopic (exact) mass is 387 g/mol. The highest BCUT2D eigenvalue weighted by Crippen LogP contribution is 2.32. The van der Waals surface area contributed by atoms with Gasteiger partial charge in [0.2, 0.25) is 0 Å². The molecule has 0 aromatic heterocycles. The van der Waals surface area contributed by atoms with Crippen LogP contribution < -0.4 is 10.5 Å². The van der Waals surface area contributed by atoms with E-state index in [-0.39, 0.29) is 6.04 Å². The lowest BCUT2D eigenvalue weighted by atomic mass is 10.1. The number of rotatable bonds is 5. The molecule has 2 nitrogen and oxygen atoms in total. The molecule has 0 spiro atoms. The van der Waals surface area contributed by atoms with Crippen LogP contribution in [-0.2, 0) is 13.0 Å². The van der Waals surface area contributed by atoms with Gasteiger partial charge in [0, 0.05) is 11.6 Å². The summed E-state index contributed by atoms with van der Waals surface area (Å²) in [7, 11) is 0. The van der Waals surface area contributed by atoms with E-state index in [2.05, 4.69) is 15.9 Å². The molecule has 0 heterocycles. The Morgan fingerprint density at radius 3 is 2.52 bits per heavy atom. The number of halogens is 3. The molecule has 1 unspecified atom stereocenters. The van der Waals surface area contributed by atoms with Gasteiger partial charge in [-0.3, -0.25) is 0 Å². The Kier molecular flexibility index (Phi) is 5.94. The topological polar surface area (TPSA) is 35.2 Å². The third-order valence-corrected chi connectivity index (χ3v) is 4.48. The lowest BCUT2D eigenvalue weighted by Gasteiger charge is -2.15. The number of hydrogen-bond donors (Lipinski definition) is 1. The van der Waals surface area contributed by atoms with E-state index in [9.17, 15) is 0 Å². The quantitative estimate of drug-likeness (QED) is 0.761. The van der Waals surface area contributed by atoms with Crippen molar-refractivity contribution >= 4 is 39.1 Å². The molecule has 21 heavy (non-hydrogen) atoms. The maximum Gasteiger partial charge on any atom is 0.137 e. The summed E-state index contributed by atoms with van der Waals surface area (Å²) in [5.74, 6) is 0.797. The van der Waals surface area contributed by atoms with Gasteiger partial charge in [0.15, 0.2) is 0 Å². The van der Waals surface area contributed by atoms with E-state index in [0.717, 1.165) is 27.8 Å². The molecule has 0 saturated heterocycles. The lowest BCUT2D eigenvalue weighted by Crippen LogP contribution is -2.18. The highest BCUT2D eigenvalue weighted by Gasteiger charge is 2.11. The first-order valence-electron chi connectivity index (χ1n) is 6.57. The summed E-state index contributed by atoms with van der Waals surface area (Å²) in [6.45, 7) is 2.33. The van der Waals surface area contributed by atoms with Crippen molar-refractivity contribution in [2.45, 2.75) is 26.0 Å². The predicted molar refractivity (Wildman–Crippen MR) is 92.3 cm³/mol. The van der Waals surface area contributed by atoms with Gasteiger partial charge in [-0.25, -0.2) is 0 Å². The number of ether oxygens (including phenoxy) is 1. The van der Waals surface area contributed by atoms with Gasteiger partial charge in [-0.2, -0.15) is 0 Å². The van der Waals surface area contributed by atoms with Crippen molar-refractivity contribution < 1.29 is 4.74 Å². The molecule has 0 saturated carbocycles. The maximum absolute atomic E-state index is 6.18. The summed E-state index contributed by atoms with van der Waals surface area (Å²) in [6, 6.07) is 11.5. The van der Waals surface area contributed by atoms with Gasteiger partial charge in [-0.05, 0) is 47.0 Å². The van der Waals surface area contributed by atoms with Crippen molar-refractivity contribution in [3.05, 3.63) is 62.0 Å². The third kappa shape index (κ3) is 4.36. The Balaban J connectivity index is 2.21. The Hall–Kier alpha value is -0.740. The van der Waals surface area contributed by atoms with Gasteiger partial charge in [-0.1, -0.05) is 47.5 Å². The van der Waals surface area contributed by atoms with Crippen LogP contribution in [0, 0.1) is 0 Å². The zero-order valence-corrected chi connectivity index (χ0v) is 14.7. The number of nitrogens with two attached hydrogens (primary N) is 1. The van der Waals surface area contributed by atoms with Gasteiger partial charge in [0.05, 0.1) is 14.5 Å². The fourth-order valence-corrected chi connectivity index (χ4v) is 2.93. The Labute approximate surface area is 143 Å². The second kappa shape index (κ2) is 7.50. The molecular weight excluding hydrogens is 373 g/mol. The van der Waals surface area contributed by atoms with Crippen LogP contribution in [0.15, 0.2) is 40.9 Å². The van der Waals surface area contributed by atoms with Crippen molar-refractivity contribution in [1.82, 2.24) is 0 Å². The van der Waals surface area contributed by atoms with Crippen molar-refractivity contribution in [3.8, 4) is 5.75 Å². The average molecular weight is 389 g/mol. The van der Waals surface area contributed by atoms with E-state index in [1.807, 2.05) is 37.3 Å². The van der Waals surface area contributed by atoms with Gasteiger partial charge in [-0.15, -0.1) is 0 Å². The molecule has 0 radical (unpaired) electrons. The van der Waals surface area contributed by atoms with E-state index >= 15 is 0 Å². The van der Waals surface area contributed by atoms with Crippen LogP contribution in [0.25, 0.3) is 0 Å². The fraction of sp³-hybridized carbons (Fsp3) is 0.250. The molecule has 0 aliphatic heterocycles. The Morgan fingerprint density at radius 1 is 1.14 bits per heavy atom. The van der Waals surface area contributed by atoms with Crippen LogP contribution in [0.4, 0.5) is 0 Å². The molecule has 2 rings (SSSR count). The van der Waals surface area contributed by atoms with Gasteiger partial charge < -0.3 is 10.5 Å². The molecule has 2 N–H and O–H groups in total. The van der Waals surface area contributed by atoms with Crippen LogP contribution in [-0.4, -0.2) is 6.04 Å². The van der Waals surface area contributed by atoms with Crippen LogP contribution in [0.1, 0.15) is 18.1 Å². The van der Waals surface area contributed by atoms with Crippen molar-refractivity contribution in [1.29, 1.82) is 0 Å². The zero-order valence-electron chi connectivity index (χ0n) is 11.6. The minimum Gasteiger partial charge on any atom is -0.487 e. The average Bonchev–Trinajstić information content (AvgIpc) is 2.42. The SMILES string of the molecule is CC(N)Cc1cccc(Br)c1OCc1cccc(Cl)c1Cl. The smallest absolute Gasteiger partial charge is 0.137 e. The highest BCUT2D eigenvalue weighted by atomic mass is 79.9. The van der Waals surface area contributed by atoms with Crippen molar-refractivity contribution in [3.63, 3.8) is 0 Å². The first-order chi connectivity index (χ1) is 9.99. The largest absolute Gasteiger partial charge is 0.487 e. The van der Waals surface area contributed by atoms with E-state index in [1.54, 1.807) is 6.07 Å². The second-order valence-electron chi connectivity index (χ2n) is 4.91. The molecule has 0 fully saturated rings. The predicted octanol–water partition coefficient (Wildman–Crippen LogP) is 5.22. The number of para-hydroxylation sites is 1. The summed E-state index contributed by atoms with van der Waals surface area (Å²) in [6.07, 6.45) is 0.748. The summed E-state index contributed by atoms with van der Waals surface area (Å²) >= 11 is 15.7. The summed E-state index contributed by atoms with van der Waals surface area (Å²) in [5.41, 5.74) is 7.81. The summed E-state index contributed by atoms with van der Waals surface area (Å²) in [4.78, 5) is 0. The molecule has 2 aromatic carbocycles. The standard InChI is InChI=1S/C16H16BrCl2NO/c1-10(20)8-11-4-2-6-13(17)16(11)21-9-12-5-3-7-14(18)15(12)19/h2-7,10H,8-9,20H2,1H3. The van der Waals surface area contributed by atoms with Crippen LogP contribution >= 0.6 is 39.1 Å². The maximum atomic E-state index is 6.18. The van der Waals surface area contributed by atoms with E-state index in [4.69, 9.17) is 33.7 Å². The molecular formula is C16H16BrCl2NO. The molecule has 5 heteroatoms. The van der Waals surface area contributed by atoms with Crippen LogP contribution in [0.2, 0.25) is 10.0 Å². The number of hydrogen-bond acceptors (Lipinski definition) is 2. The van der Waals surface area contributed by atoms with Crippen LogP contribution in [0.3, 0.4) is 0 Å².